The number of amides is 3. The van der Waals surface area contributed by atoms with Crippen LogP contribution in [0.3, 0.4) is 0 Å². The van der Waals surface area contributed by atoms with E-state index in [1.165, 1.54) is 4.90 Å². The number of urea groups is 1. The Kier molecular flexibility index (Phi) is 3.52. The van der Waals surface area contributed by atoms with Crippen molar-refractivity contribution in [2.75, 3.05) is 19.8 Å². The number of carbonyl (C=O) groups is 3. The molecule has 1 saturated carbocycles. The van der Waals surface area contributed by atoms with Gasteiger partial charge in [-0.25, -0.2) is 9.69 Å². The van der Waals surface area contributed by atoms with Gasteiger partial charge in [0.1, 0.15) is 6.54 Å². The fraction of sp³-hybridized carbons (Fsp3) is 0.769. The number of hydrogen-bond donors (Lipinski definition) is 0. The standard InChI is InChI=1S/C13H20N2O4/c1-4-5-14-7-10(16)15(12(14)18)8-19-11(17)9-6-13(9,2)3/h9H,4-8H2,1-3H3/t9-/m0/s1. The summed E-state index contributed by atoms with van der Waals surface area (Å²) in [5.41, 5.74) is -0.00957. The zero-order valence-electron chi connectivity index (χ0n) is 11.6. The predicted octanol–water partition coefficient (Wildman–Crippen LogP) is 1.21. The van der Waals surface area contributed by atoms with Gasteiger partial charge in [-0.2, -0.15) is 0 Å². The fourth-order valence-electron chi connectivity index (χ4n) is 2.26. The smallest absolute Gasteiger partial charge is 0.330 e. The minimum Gasteiger partial charge on any atom is -0.443 e. The Hall–Kier alpha value is -1.59. The molecule has 2 fully saturated rings. The van der Waals surface area contributed by atoms with Crippen LogP contribution in [0.5, 0.6) is 0 Å². The highest BCUT2D eigenvalue weighted by Crippen LogP contribution is 2.52. The first kappa shape index (κ1) is 13.8. The molecule has 1 heterocycles. The topological polar surface area (TPSA) is 66.9 Å². The van der Waals surface area contributed by atoms with E-state index in [-0.39, 0.29) is 42.5 Å². The van der Waals surface area contributed by atoms with Crippen LogP contribution in [0.2, 0.25) is 0 Å². The molecule has 0 aromatic carbocycles. The van der Waals surface area contributed by atoms with Gasteiger partial charge in [0.05, 0.1) is 5.92 Å². The Balaban J connectivity index is 1.84. The van der Waals surface area contributed by atoms with Crippen LogP contribution in [0.1, 0.15) is 33.6 Å². The maximum Gasteiger partial charge on any atom is 0.330 e. The van der Waals surface area contributed by atoms with Crippen molar-refractivity contribution in [1.29, 1.82) is 0 Å². The van der Waals surface area contributed by atoms with Crippen LogP contribution in [-0.2, 0) is 14.3 Å². The molecule has 19 heavy (non-hydrogen) atoms. The minimum atomic E-state index is -0.366. The van der Waals surface area contributed by atoms with Crippen molar-refractivity contribution in [3.63, 3.8) is 0 Å². The number of imide groups is 1. The summed E-state index contributed by atoms with van der Waals surface area (Å²) < 4.78 is 5.07. The number of carbonyl (C=O) groups excluding carboxylic acids is 3. The molecule has 1 atom stereocenters. The van der Waals surface area contributed by atoms with Crippen molar-refractivity contribution in [2.45, 2.75) is 33.6 Å². The fourth-order valence-corrected chi connectivity index (χ4v) is 2.26. The molecule has 0 aromatic rings. The first-order valence-electron chi connectivity index (χ1n) is 6.62. The van der Waals surface area contributed by atoms with Crippen LogP contribution in [0, 0.1) is 11.3 Å². The van der Waals surface area contributed by atoms with Gasteiger partial charge in [-0.3, -0.25) is 9.59 Å². The largest absolute Gasteiger partial charge is 0.443 e. The molecule has 6 nitrogen and oxygen atoms in total. The van der Waals surface area contributed by atoms with Crippen molar-refractivity contribution >= 4 is 17.9 Å². The second-order valence-corrected chi connectivity index (χ2v) is 5.86. The summed E-state index contributed by atoms with van der Waals surface area (Å²) in [5, 5.41) is 0. The molecule has 0 N–H and O–H groups in total. The molecule has 1 saturated heterocycles. The van der Waals surface area contributed by atoms with Crippen LogP contribution < -0.4 is 0 Å². The van der Waals surface area contributed by atoms with E-state index in [4.69, 9.17) is 4.74 Å². The summed E-state index contributed by atoms with van der Waals surface area (Å²) in [6.07, 6.45) is 1.60. The summed E-state index contributed by atoms with van der Waals surface area (Å²) in [4.78, 5) is 37.7. The highest BCUT2D eigenvalue weighted by molar-refractivity contribution is 6.02. The van der Waals surface area contributed by atoms with Crippen LogP contribution >= 0.6 is 0 Å². The Labute approximate surface area is 112 Å². The lowest BCUT2D eigenvalue weighted by Gasteiger charge is -2.16. The third-order valence-corrected chi connectivity index (χ3v) is 3.76. The van der Waals surface area contributed by atoms with Gasteiger partial charge in [0.15, 0.2) is 6.73 Å². The van der Waals surface area contributed by atoms with E-state index < -0.39 is 0 Å². The van der Waals surface area contributed by atoms with Crippen molar-refractivity contribution in [3.05, 3.63) is 0 Å². The van der Waals surface area contributed by atoms with E-state index >= 15 is 0 Å². The lowest BCUT2D eigenvalue weighted by molar-refractivity contribution is -0.151. The molecule has 1 aliphatic carbocycles. The van der Waals surface area contributed by atoms with Crippen LogP contribution in [0.4, 0.5) is 4.79 Å². The van der Waals surface area contributed by atoms with Gasteiger partial charge in [-0.1, -0.05) is 20.8 Å². The second-order valence-electron chi connectivity index (χ2n) is 5.86. The Bertz CT molecular complexity index is 419. The first-order valence-corrected chi connectivity index (χ1v) is 6.62. The molecule has 1 aliphatic heterocycles. The maximum atomic E-state index is 11.9. The van der Waals surface area contributed by atoms with E-state index in [1.54, 1.807) is 0 Å². The summed E-state index contributed by atoms with van der Waals surface area (Å²) in [7, 11) is 0. The predicted molar refractivity (Wildman–Crippen MR) is 67.0 cm³/mol. The maximum absolute atomic E-state index is 11.9. The van der Waals surface area contributed by atoms with Crippen LogP contribution in [0.15, 0.2) is 0 Å². The number of esters is 1. The third-order valence-electron chi connectivity index (χ3n) is 3.76. The Morgan fingerprint density at radius 1 is 1.42 bits per heavy atom. The third kappa shape index (κ3) is 2.72. The lowest BCUT2D eigenvalue weighted by Crippen LogP contribution is -2.36. The Morgan fingerprint density at radius 3 is 2.58 bits per heavy atom. The molecule has 106 valence electrons. The van der Waals surface area contributed by atoms with E-state index in [0.29, 0.717) is 6.54 Å². The SMILES string of the molecule is CCCN1CC(=O)N(COC(=O)[C@@H]2CC2(C)C)C1=O. The van der Waals surface area contributed by atoms with Gasteiger partial charge in [-0.05, 0) is 18.3 Å². The zero-order chi connectivity index (χ0) is 14.2. The molecule has 3 amide bonds. The van der Waals surface area contributed by atoms with Crippen molar-refractivity contribution in [2.24, 2.45) is 11.3 Å². The number of ether oxygens (including phenoxy) is 1. The quantitative estimate of drug-likeness (QED) is 0.555. The molecular formula is C13H20N2O4. The van der Waals surface area contributed by atoms with Crippen LogP contribution in [0.25, 0.3) is 0 Å². The molecule has 2 rings (SSSR count). The molecular weight excluding hydrogens is 248 g/mol. The summed E-state index contributed by atoms with van der Waals surface area (Å²) >= 11 is 0. The van der Waals surface area contributed by atoms with Gasteiger partial charge in [0.2, 0.25) is 0 Å². The monoisotopic (exact) mass is 268 g/mol. The second kappa shape index (κ2) is 4.83. The van der Waals surface area contributed by atoms with Crippen molar-refractivity contribution in [3.8, 4) is 0 Å². The van der Waals surface area contributed by atoms with Gasteiger partial charge < -0.3 is 9.64 Å². The average molecular weight is 268 g/mol. The number of hydrogen-bond acceptors (Lipinski definition) is 4. The van der Waals surface area contributed by atoms with E-state index in [9.17, 15) is 14.4 Å². The lowest BCUT2D eigenvalue weighted by atomic mass is 10.1. The van der Waals surface area contributed by atoms with Gasteiger partial charge in [0, 0.05) is 6.54 Å². The summed E-state index contributed by atoms with van der Waals surface area (Å²) in [6.45, 7) is 6.30. The normalized spacial score (nSPS) is 24.9. The van der Waals surface area contributed by atoms with E-state index in [0.717, 1.165) is 17.7 Å². The van der Waals surface area contributed by atoms with Crippen molar-refractivity contribution in [1.82, 2.24) is 9.80 Å². The Morgan fingerprint density at radius 2 is 2.05 bits per heavy atom. The minimum absolute atomic E-state index is 0.00957. The van der Waals surface area contributed by atoms with Crippen molar-refractivity contribution < 1.29 is 19.1 Å². The van der Waals surface area contributed by atoms with Gasteiger partial charge >= 0.3 is 12.0 Å². The molecule has 6 heteroatoms. The van der Waals surface area contributed by atoms with Gasteiger partial charge in [-0.15, -0.1) is 0 Å². The van der Waals surface area contributed by atoms with Gasteiger partial charge in [0.25, 0.3) is 5.91 Å². The van der Waals surface area contributed by atoms with E-state index in [2.05, 4.69) is 0 Å². The molecule has 0 spiro atoms. The van der Waals surface area contributed by atoms with E-state index in [1.807, 2.05) is 20.8 Å². The first-order chi connectivity index (χ1) is 8.86. The zero-order valence-corrected chi connectivity index (χ0v) is 11.6. The molecule has 0 bridgehead atoms. The molecule has 0 aromatic heterocycles. The van der Waals surface area contributed by atoms with Crippen LogP contribution in [-0.4, -0.2) is 47.5 Å². The molecule has 2 aliphatic rings. The summed E-state index contributed by atoms with van der Waals surface area (Å²) in [6, 6.07) is -0.366. The summed E-state index contributed by atoms with van der Waals surface area (Å²) in [5.74, 6) is -0.729. The highest BCUT2D eigenvalue weighted by Gasteiger charge is 2.52. The average Bonchev–Trinajstić information content (AvgIpc) is 2.89. The highest BCUT2D eigenvalue weighted by atomic mass is 16.5. The number of nitrogens with zero attached hydrogens (tertiary/aromatic N) is 2. The molecule has 0 unspecified atom stereocenters. The molecule has 0 radical (unpaired) electrons. The number of rotatable bonds is 5.